The summed E-state index contributed by atoms with van der Waals surface area (Å²) >= 11 is 0. The lowest BCUT2D eigenvalue weighted by Crippen LogP contribution is -2.43. The fourth-order valence-corrected chi connectivity index (χ4v) is 2.65. The molecule has 2 amide bonds. The third kappa shape index (κ3) is 1.08. The number of nitrogens with zero attached hydrogens (tertiary/aromatic N) is 1. The van der Waals surface area contributed by atoms with Crippen LogP contribution in [0.15, 0.2) is 0 Å². The molecule has 15 heavy (non-hydrogen) atoms. The van der Waals surface area contributed by atoms with Crippen LogP contribution in [0.1, 0.15) is 27.2 Å². The zero-order valence-electron chi connectivity index (χ0n) is 9.28. The van der Waals surface area contributed by atoms with E-state index in [1.165, 1.54) is 4.90 Å². The lowest BCUT2D eigenvalue weighted by molar-refractivity contribution is -0.144. The largest absolute Gasteiger partial charge is 0.274 e. The Morgan fingerprint density at radius 1 is 1.40 bits per heavy atom. The van der Waals surface area contributed by atoms with Crippen molar-refractivity contribution in [3.63, 3.8) is 0 Å². The Balaban J connectivity index is 2.25. The van der Waals surface area contributed by atoms with Crippen molar-refractivity contribution in [1.29, 1.82) is 0 Å². The number of carbonyl (C=O) groups is 2. The predicted molar refractivity (Wildman–Crippen MR) is 55.5 cm³/mol. The summed E-state index contributed by atoms with van der Waals surface area (Å²) in [6.07, 6.45) is 5.95. The van der Waals surface area contributed by atoms with Gasteiger partial charge in [0.15, 0.2) is 0 Å². The van der Waals surface area contributed by atoms with E-state index in [0.717, 1.165) is 0 Å². The Morgan fingerprint density at radius 2 is 1.87 bits per heavy atom. The van der Waals surface area contributed by atoms with Gasteiger partial charge < -0.3 is 0 Å². The Bertz CT molecular complexity index is 354. The van der Waals surface area contributed by atoms with Crippen LogP contribution in [0.3, 0.4) is 0 Å². The number of rotatable bonds is 2. The number of likely N-dealkylation sites (tertiary alicyclic amines) is 1. The third-order valence-corrected chi connectivity index (χ3v) is 3.73. The summed E-state index contributed by atoms with van der Waals surface area (Å²) in [6, 6.07) is -0.353. The molecule has 1 aliphatic carbocycles. The number of imide groups is 1. The molecule has 80 valence electrons. The molecule has 2 fully saturated rings. The van der Waals surface area contributed by atoms with E-state index in [-0.39, 0.29) is 35.1 Å². The van der Waals surface area contributed by atoms with Crippen LogP contribution in [0.4, 0.5) is 0 Å². The molecule has 1 heterocycles. The molecule has 0 spiro atoms. The van der Waals surface area contributed by atoms with Crippen molar-refractivity contribution >= 4 is 11.8 Å². The van der Waals surface area contributed by atoms with Gasteiger partial charge in [-0.2, -0.15) is 0 Å². The van der Waals surface area contributed by atoms with Gasteiger partial charge in [0.1, 0.15) is 6.04 Å². The van der Waals surface area contributed by atoms with Gasteiger partial charge in [0.05, 0.1) is 11.8 Å². The van der Waals surface area contributed by atoms with E-state index in [9.17, 15) is 9.59 Å². The molecule has 3 unspecified atom stereocenters. The molecule has 2 rings (SSSR count). The molecule has 0 aromatic carbocycles. The lowest BCUT2D eigenvalue weighted by Gasteiger charge is -2.24. The second-order valence-corrected chi connectivity index (χ2v) is 4.91. The minimum atomic E-state index is -0.353. The number of hydrogen-bond donors (Lipinski definition) is 0. The molecule has 3 atom stereocenters. The fourth-order valence-electron chi connectivity index (χ4n) is 2.65. The van der Waals surface area contributed by atoms with Crippen LogP contribution in [0.2, 0.25) is 0 Å². The second kappa shape index (κ2) is 2.85. The molecular formula is C12H15NO2. The van der Waals surface area contributed by atoms with E-state index in [1.54, 1.807) is 0 Å². The Labute approximate surface area is 89.8 Å². The number of hydrogen-bond acceptors (Lipinski definition) is 2. The maximum absolute atomic E-state index is 11.9. The van der Waals surface area contributed by atoms with E-state index in [2.05, 4.69) is 5.92 Å². The third-order valence-electron chi connectivity index (χ3n) is 3.73. The van der Waals surface area contributed by atoms with Crippen molar-refractivity contribution in [3.8, 4) is 12.3 Å². The lowest BCUT2D eigenvalue weighted by atomic mass is 10.0. The van der Waals surface area contributed by atoms with Gasteiger partial charge in [-0.15, -0.1) is 6.42 Å². The van der Waals surface area contributed by atoms with Crippen molar-refractivity contribution in [2.24, 2.45) is 17.3 Å². The minimum absolute atomic E-state index is 0.0696. The van der Waals surface area contributed by atoms with Gasteiger partial charge in [0.2, 0.25) is 11.8 Å². The molecule has 0 aromatic heterocycles. The average molecular weight is 205 g/mol. The van der Waals surface area contributed by atoms with Crippen LogP contribution in [-0.4, -0.2) is 22.8 Å². The van der Waals surface area contributed by atoms with Gasteiger partial charge >= 0.3 is 0 Å². The molecule has 0 radical (unpaired) electrons. The maximum Gasteiger partial charge on any atom is 0.234 e. The number of terminal acetylenes is 1. The molecule has 1 aliphatic heterocycles. The molecule has 1 saturated carbocycles. The minimum Gasteiger partial charge on any atom is -0.274 e. The number of piperidine rings is 1. The molecule has 0 N–H and O–H groups in total. The zero-order valence-corrected chi connectivity index (χ0v) is 9.28. The van der Waals surface area contributed by atoms with Crippen molar-refractivity contribution in [2.45, 2.75) is 33.2 Å². The Kier molecular flexibility index (Phi) is 1.94. The van der Waals surface area contributed by atoms with E-state index < -0.39 is 0 Å². The first-order valence-corrected chi connectivity index (χ1v) is 5.29. The van der Waals surface area contributed by atoms with E-state index in [0.29, 0.717) is 6.42 Å². The molecule has 2 aliphatic rings. The summed E-state index contributed by atoms with van der Waals surface area (Å²) in [5, 5.41) is 0. The second-order valence-electron chi connectivity index (χ2n) is 4.91. The van der Waals surface area contributed by atoms with E-state index >= 15 is 0 Å². The van der Waals surface area contributed by atoms with Crippen LogP contribution in [0, 0.1) is 29.6 Å². The molecule has 1 saturated heterocycles. The first-order chi connectivity index (χ1) is 6.96. The smallest absolute Gasteiger partial charge is 0.234 e. The summed E-state index contributed by atoms with van der Waals surface area (Å²) in [6.45, 7) is 5.82. The number of amides is 2. The molecule has 0 bridgehead atoms. The first kappa shape index (κ1) is 10.2. The van der Waals surface area contributed by atoms with Crippen LogP contribution in [0.5, 0.6) is 0 Å². The van der Waals surface area contributed by atoms with E-state index in [1.807, 2.05) is 20.8 Å². The van der Waals surface area contributed by atoms with Crippen LogP contribution in [0.25, 0.3) is 0 Å². The maximum atomic E-state index is 11.9. The normalized spacial score (nSPS) is 33.6. The molecule has 3 nitrogen and oxygen atoms in total. The molecular weight excluding hydrogens is 190 g/mol. The fraction of sp³-hybridized carbons (Fsp3) is 0.667. The van der Waals surface area contributed by atoms with Crippen molar-refractivity contribution in [3.05, 3.63) is 0 Å². The van der Waals surface area contributed by atoms with Crippen LogP contribution in [-0.2, 0) is 9.59 Å². The van der Waals surface area contributed by atoms with Crippen LogP contribution < -0.4 is 0 Å². The first-order valence-electron chi connectivity index (χ1n) is 5.29. The highest BCUT2D eigenvalue weighted by Crippen LogP contribution is 2.63. The topological polar surface area (TPSA) is 37.4 Å². The Hall–Kier alpha value is -1.30. The SMILES string of the molecule is C#CC(CC)N1C(=O)C2C(C1=O)C2(C)C. The van der Waals surface area contributed by atoms with Gasteiger partial charge in [-0.05, 0) is 11.8 Å². The van der Waals surface area contributed by atoms with Crippen molar-refractivity contribution in [1.82, 2.24) is 4.90 Å². The Morgan fingerprint density at radius 3 is 2.20 bits per heavy atom. The summed E-state index contributed by atoms with van der Waals surface area (Å²) in [5.41, 5.74) is -0.141. The van der Waals surface area contributed by atoms with E-state index in [4.69, 9.17) is 6.42 Å². The molecule has 0 aromatic rings. The monoisotopic (exact) mass is 205 g/mol. The quantitative estimate of drug-likeness (QED) is 0.499. The number of fused-ring (bicyclic) bond motifs is 1. The summed E-state index contributed by atoms with van der Waals surface area (Å²) in [4.78, 5) is 25.2. The predicted octanol–water partition coefficient (Wildman–Crippen LogP) is 1.04. The van der Waals surface area contributed by atoms with Gasteiger partial charge in [-0.1, -0.05) is 26.7 Å². The van der Waals surface area contributed by atoms with Crippen molar-refractivity contribution in [2.75, 3.05) is 0 Å². The highest BCUT2D eigenvalue weighted by Gasteiger charge is 2.72. The average Bonchev–Trinajstić information content (AvgIpc) is 2.64. The summed E-state index contributed by atoms with van der Waals surface area (Å²) in [5.74, 6) is 2.13. The standard InChI is InChI=1S/C12H15NO2/c1-5-7(6-2)13-10(14)8-9(11(13)15)12(8,3)4/h1,7-9H,6H2,2-4H3. The van der Waals surface area contributed by atoms with Gasteiger partial charge in [-0.3, -0.25) is 14.5 Å². The highest BCUT2D eigenvalue weighted by molar-refractivity contribution is 6.10. The summed E-state index contributed by atoms with van der Waals surface area (Å²) in [7, 11) is 0. The van der Waals surface area contributed by atoms with Crippen LogP contribution >= 0.6 is 0 Å². The number of carbonyl (C=O) groups excluding carboxylic acids is 2. The van der Waals surface area contributed by atoms with Gasteiger partial charge in [0, 0.05) is 0 Å². The summed E-state index contributed by atoms with van der Waals surface area (Å²) < 4.78 is 0. The molecule has 3 heteroatoms. The van der Waals surface area contributed by atoms with Gasteiger partial charge in [0.25, 0.3) is 0 Å². The van der Waals surface area contributed by atoms with Gasteiger partial charge in [-0.25, -0.2) is 0 Å². The highest BCUT2D eigenvalue weighted by atomic mass is 16.2. The van der Waals surface area contributed by atoms with Crippen molar-refractivity contribution < 1.29 is 9.59 Å². The zero-order chi connectivity index (χ0) is 11.4.